The Hall–Kier alpha value is -0.780. The van der Waals surface area contributed by atoms with Gasteiger partial charge in [-0.3, -0.25) is 4.98 Å². The van der Waals surface area contributed by atoms with Crippen molar-refractivity contribution in [3.63, 3.8) is 0 Å². The van der Waals surface area contributed by atoms with Gasteiger partial charge in [0.05, 0.1) is 16.7 Å². The van der Waals surface area contributed by atoms with Gasteiger partial charge in [-0.2, -0.15) is 0 Å². The van der Waals surface area contributed by atoms with E-state index in [1.807, 2.05) is 12.3 Å². The topological polar surface area (TPSA) is 46.0 Å². The molecule has 1 aliphatic rings. The van der Waals surface area contributed by atoms with Crippen LogP contribution >= 0.6 is 27.3 Å². The van der Waals surface area contributed by atoms with E-state index in [1.54, 1.807) is 17.5 Å². The van der Waals surface area contributed by atoms with Crippen molar-refractivity contribution >= 4 is 27.3 Å². The van der Waals surface area contributed by atoms with Gasteiger partial charge in [-0.1, -0.05) is 13.8 Å². The molecule has 0 aromatic carbocycles. The third-order valence-corrected chi connectivity index (χ3v) is 5.06. The van der Waals surface area contributed by atoms with E-state index in [9.17, 15) is 5.11 Å². The SMILES string of the molecule is CC1(C)Cc2nc(-c3cncc(Br)c3)sc2C(O)C1. The number of hydrogen-bond acceptors (Lipinski definition) is 4. The van der Waals surface area contributed by atoms with Crippen molar-refractivity contribution in [1.29, 1.82) is 0 Å². The maximum atomic E-state index is 10.3. The van der Waals surface area contributed by atoms with E-state index >= 15 is 0 Å². The molecule has 0 fully saturated rings. The summed E-state index contributed by atoms with van der Waals surface area (Å²) in [6, 6.07) is 2.01. The summed E-state index contributed by atoms with van der Waals surface area (Å²) in [7, 11) is 0. The van der Waals surface area contributed by atoms with Crippen molar-refractivity contribution in [3.05, 3.63) is 33.5 Å². The summed E-state index contributed by atoms with van der Waals surface area (Å²) in [5.41, 5.74) is 2.16. The molecule has 0 saturated carbocycles. The molecule has 1 N–H and O–H groups in total. The van der Waals surface area contributed by atoms with E-state index in [1.165, 1.54) is 0 Å². The first-order valence-corrected chi connectivity index (χ1v) is 7.84. The zero-order valence-corrected chi connectivity index (χ0v) is 13.3. The predicted octanol–water partition coefficient (Wildman–Crippen LogP) is 3.97. The zero-order chi connectivity index (χ0) is 13.6. The van der Waals surface area contributed by atoms with Crippen LogP contribution in [0, 0.1) is 5.41 Å². The van der Waals surface area contributed by atoms with Crippen LogP contribution in [0.3, 0.4) is 0 Å². The second-order valence-electron chi connectivity index (χ2n) is 5.78. The van der Waals surface area contributed by atoms with Gasteiger partial charge < -0.3 is 5.11 Å². The van der Waals surface area contributed by atoms with E-state index in [2.05, 4.69) is 34.8 Å². The Morgan fingerprint density at radius 2 is 2.21 bits per heavy atom. The average molecular weight is 339 g/mol. The minimum Gasteiger partial charge on any atom is -0.387 e. The summed E-state index contributed by atoms with van der Waals surface area (Å²) in [6.07, 6.45) is 4.92. The molecule has 1 aliphatic carbocycles. The lowest BCUT2D eigenvalue weighted by Crippen LogP contribution is -2.24. The molecule has 1 unspecified atom stereocenters. The smallest absolute Gasteiger partial charge is 0.125 e. The fraction of sp³-hybridized carbons (Fsp3) is 0.429. The number of pyridine rings is 1. The number of aromatic nitrogens is 2. The number of fused-ring (bicyclic) bond motifs is 1. The highest BCUT2D eigenvalue weighted by molar-refractivity contribution is 9.10. The minimum atomic E-state index is -0.384. The second-order valence-corrected chi connectivity index (χ2v) is 7.73. The number of aliphatic hydroxyl groups excluding tert-OH is 1. The molecule has 0 spiro atoms. The highest BCUT2D eigenvalue weighted by Crippen LogP contribution is 2.44. The van der Waals surface area contributed by atoms with Crippen LogP contribution < -0.4 is 0 Å². The first-order valence-electron chi connectivity index (χ1n) is 6.23. The number of aliphatic hydroxyl groups is 1. The molecule has 2 aromatic rings. The number of rotatable bonds is 1. The molecule has 2 aromatic heterocycles. The molecule has 0 aliphatic heterocycles. The second kappa shape index (κ2) is 4.65. The Bertz CT molecular complexity index is 624. The monoisotopic (exact) mass is 338 g/mol. The molecular formula is C14H15BrN2OS. The standard InChI is InChI=1S/C14H15BrN2OS/c1-14(2)4-10-12(11(18)5-14)19-13(17-10)8-3-9(15)7-16-6-8/h3,6-7,11,18H,4-5H2,1-2H3. The first-order chi connectivity index (χ1) is 8.94. The van der Waals surface area contributed by atoms with Gasteiger partial charge in [-0.05, 0) is 40.3 Å². The van der Waals surface area contributed by atoms with Crippen LogP contribution in [0.1, 0.15) is 36.9 Å². The van der Waals surface area contributed by atoms with Crippen LogP contribution in [-0.4, -0.2) is 15.1 Å². The van der Waals surface area contributed by atoms with Crippen LogP contribution in [0.2, 0.25) is 0 Å². The normalized spacial score (nSPS) is 21.2. The third kappa shape index (κ3) is 2.59. The molecule has 0 radical (unpaired) electrons. The van der Waals surface area contributed by atoms with Crippen molar-refractivity contribution in [2.75, 3.05) is 0 Å². The maximum absolute atomic E-state index is 10.3. The Morgan fingerprint density at radius 1 is 1.42 bits per heavy atom. The van der Waals surface area contributed by atoms with E-state index in [-0.39, 0.29) is 11.5 Å². The molecule has 3 nitrogen and oxygen atoms in total. The third-order valence-electron chi connectivity index (χ3n) is 3.37. The minimum absolute atomic E-state index is 0.118. The molecule has 19 heavy (non-hydrogen) atoms. The molecule has 0 saturated heterocycles. The van der Waals surface area contributed by atoms with Crippen molar-refractivity contribution in [3.8, 4) is 10.6 Å². The summed E-state index contributed by atoms with van der Waals surface area (Å²) in [5.74, 6) is 0. The van der Waals surface area contributed by atoms with Crippen LogP contribution in [0.4, 0.5) is 0 Å². The van der Waals surface area contributed by atoms with Crippen molar-refractivity contribution in [1.82, 2.24) is 9.97 Å². The predicted molar refractivity (Wildman–Crippen MR) is 80.1 cm³/mol. The zero-order valence-electron chi connectivity index (χ0n) is 10.9. The van der Waals surface area contributed by atoms with E-state index in [4.69, 9.17) is 4.98 Å². The molecule has 2 heterocycles. The van der Waals surface area contributed by atoms with Gasteiger partial charge in [-0.25, -0.2) is 4.98 Å². The fourth-order valence-electron chi connectivity index (χ4n) is 2.54. The Kier molecular flexibility index (Phi) is 3.23. The highest BCUT2D eigenvalue weighted by atomic mass is 79.9. The molecule has 0 bridgehead atoms. The molecule has 3 rings (SSSR count). The Morgan fingerprint density at radius 3 is 2.95 bits per heavy atom. The average Bonchev–Trinajstić information content (AvgIpc) is 2.71. The van der Waals surface area contributed by atoms with E-state index in [0.717, 1.165) is 38.5 Å². The lowest BCUT2D eigenvalue weighted by atomic mass is 9.77. The molecule has 0 amide bonds. The number of nitrogens with zero attached hydrogens (tertiary/aromatic N) is 2. The molecular weight excluding hydrogens is 324 g/mol. The Balaban J connectivity index is 2.04. The Labute approximate surface area is 124 Å². The molecule has 1 atom stereocenters. The van der Waals surface area contributed by atoms with Crippen molar-refractivity contribution in [2.45, 2.75) is 32.8 Å². The fourth-order valence-corrected chi connectivity index (χ4v) is 3.96. The van der Waals surface area contributed by atoms with Gasteiger partial charge >= 0.3 is 0 Å². The van der Waals surface area contributed by atoms with Crippen molar-refractivity contribution < 1.29 is 5.11 Å². The summed E-state index contributed by atoms with van der Waals surface area (Å²) in [4.78, 5) is 9.90. The number of hydrogen-bond donors (Lipinski definition) is 1. The molecule has 100 valence electrons. The lowest BCUT2D eigenvalue weighted by Gasteiger charge is -2.31. The van der Waals surface area contributed by atoms with Gasteiger partial charge in [0.1, 0.15) is 5.01 Å². The van der Waals surface area contributed by atoms with Crippen LogP contribution in [0.5, 0.6) is 0 Å². The van der Waals surface area contributed by atoms with Gasteiger partial charge in [0, 0.05) is 22.4 Å². The van der Waals surface area contributed by atoms with Crippen LogP contribution in [0.25, 0.3) is 10.6 Å². The van der Waals surface area contributed by atoms with Crippen LogP contribution in [-0.2, 0) is 6.42 Å². The summed E-state index contributed by atoms with van der Waals surface area (Å²) in [5, 5.41) is 11.2. The largest absolute Gasteiger partial charge is 0.387 e. The summed E-state index contributed by atoms with van der Waals surface area (Å²) in [6.45, 7) is 4.36. The summed E-state index contributed by atoms with van der Waals surface area (Å²) < 4.78 is 0.944. The van der Waals surface area contributed by atoms with Gasteiger partial charge in [0.2, 0.25) is 0 Å². The molecule has 5 heteroatoms. The highest BCUT2D eigenvalue weighted by Gasteiger charge is 2.34. The van der Waals surface area contributed by atoms with Crippen molar-refractivity contribution in [2.24, 2.45) is 5.41 Å². The number of thiazole rings is 1. The first kappa shape index (κ1) is 13.2. The van der Waals surface area contributed by atoms with E-state index in [0.29, 0.717) is 0 Å². The van der Waals surface area contributed by atoms with Gasteiger partial charge in [-0.15, -0.1) is 11.3 Å². The van der Waals surface area contributed by atoms with E-state index < -0.39 is 0 Å². The number of halogens is 1. The summed E-state index contributed by atoms with van der Waals surface area (Å²) >= 11 is 5.01. The van der Waals surface area contributed by atoms with Gasteiger partial charge in [0.15, 0.2) is 0 Å². The van der Waals surface area contributed by atoms with Crippen LogP contribution in [0.15, 0.2) is 22.9 Å². The maximum Gasteiger partial charge on any atom is 0.125 e. The quantitative estimate of drug-likeness (QED) is 0.855. The van der Waals surface area contributed by atoms with Gasteiger partial charge in [0.25, 0.3) is 0 Å². The lowest BCUT2D eigenvalue weighted by molar-refractivity contribution is 0.102.